The number of nitrogens with zero attached hydrogens (tertiary/aromatic N) is 3. The van der Waals surface area contributed by atoms with Gasteiger partial charge >= 0.3 is 12.1 Å². The molecule has 124 valence electrons. The van der Waals surface area contributed by atoms with Crippen molar-refractivity contribution < 1.29 is 22.7 Å². The first-order valence-corrected chi connectivity index (χ1v) is 7.71. The van der Waals surface area contributed by atoms with Crippen LogP contribution in [0.25, 0.3) is 0 Å². The summed E-state index contributed by atoms with van der Waals surface area (Å²) in [6.45, 7) is 1.98. The molecule has 0 unspecified atom stereocenters. The molecule has 0 fully saturated rings. The lowest BCUT2D eigenvalue weighted by Crippen LogP contribution is -2.13. The molecule has 0 N–H and O–H groups in total. The monoisotopic (exact) mass is 345 g/mol. The molecule has 0 saturated carbocycles. The molecule has 1 aromatic carbocycles. The number of ether oxygens (including phenoxy) is 1. The number of thioether (sulfide) groups is 1. The van der Waals surface area contributed by atoms with E-state index in [2.05, 4.69) is 10.1 Å². The van der Waals surface area contributed by atoms with Crippen molar-refractivity contribution in [3.63, 3.8) is 0 Å². The summed E-state index contributed by atoms with van der Waals surface area (Å²) in [7, 11) is 0. The zero-order valence-electron chi connectivity index (χ0n) is 12.2. The Morgan fingerprint density at radius 2 is 2.00 bits per heavy atom. The third-order valence-electron chi connectivity index (χ3n) is 2.76. The van der Waals surface area contributed by atoms with Gasteiger partial charge in [0.15, 0.2) is 0 Å². The lowest BCUT2D eigenvalue weighted by Gasteiger charge is -2.06. The molecule has 0 saturated heterocycles. The Labute approximate surface area is 134 Å². The third-order valence-corrected chi connectivity index (χ3v) is 3.68. The van der Waals surface area contributed by atoms with Crippen LogP contribution in [0.3, 0.4) is 0 Å². The molecule has 0 aliphatic rings. The Bertz CT molecular complexity index is 656. The van der Waals surface area contributed by atoms with Crippen molar-refractivity contribution >= 4 is 17.7 Å². The fourth-order valence-corrected chi connectivity index (χ4v) is 2.47. The van der Waals surface area contributed by atoms with Crippen molar-refractivity contribution in [1.29, 1.82) is 0 Å². The van der Waals surface area contributed by atoms with E-state index < -0.39 is 17.7 Å². The second-order valence-electron chi connectivity index (χ2n) is 4.51. The molecule has 9 heteroatoms. The summed E-state index contributed by atoms with van der Waals surface area (Å²) in [5.74, 6) is 0.0263. The Kier molecular flexibility index (Phi) is 5.64. The normalized spacial score (nSPS) is 11.5. The highest BCUT2D eigenvalue weighted by atomic mass is 32.2. The van der Waals surface area contributed by atoms with Crippen LogP contribution < -0.4 is 0 Å². The predicted octanol–water partition coefficient (Wildman–Crippen LogP) is 3.15. The first kappa shape index (κ1) is 17.3. The van der Waals surface area contributed by atoms with Crippen molar-refractivity contribution in [2.45, 2.75) is 30.6 Å². The zero-order valence-corrected chi connectivity index (χ0v) is 13.0. The Balaban J connectivity index is 1.89. The molecule has 1 heterocycles. The van der Waals surface area contributed by atoms with Gasteiger partial charge in [0, 0.05) is 5.75 Å². The van der Waals surface area contributed by atoms with Crippen LogP contribution in [0, 0.1) is 0 Å². The molecule has 1 aromatic heterocycles. The van der Waals surface area contributed by atoms with Crippen LogP contribution in [-0.4, -0.2) is 27.3 Å². The van der Waals surface area contributed by atoms with Gasteiger partial charge in [-0.2, -0.15) is 13.2 Å². The van der Waals surface area contributed by atoms with Gasteiger partial charge < -0.3 is 4.74 Å². The SMILES string of the molecule is CCOC(=O)Cn1cnc(SCc2ccc(C(F)(F)F)cc2)n1. The standard InChI is InChI=1S/C14H14F3N3O2S/c1-2-22-12(21)7-20-9-18-13(19-20)23-8-10-3-5-11(6-4-10)14(15,16)17/h3-6,9H,2,7-8H2,1H3. The van der Waals surface area contributed by atoms with Crippen molar-refractivity contribution in [3.05, 3.63) is 41.7 Å². The van der Waals surface area contributed by atoms with E-state index in [-0.39, 0.29) is 6.54 Å². The smallest absolute Gasteiger partial charge is 0.416 e. The molecule has 2 rings (SSSR count). The van der Waals surface area contributed by atoms with Gasteiger partial charge in [-0.1, -0.05) is 23.9 Å². The van der Waals surface area contributed by atoms with Gasteiger partial charge in [-0.15, -0.1) is 5.10 Å². The number of carbonyl (C=O) groups excluding carboxylic acids is 1. The largest absolute Gasteiger partial charge is 0.465 e. The van der Waals surface area contributed by atoms with E-state index >= 15 is 0 Å². The van der Waals surface area contributed by atoms with Crippen LogP contribution in [0.2, 0.25) is 0 Å². The molecule has 2 aromatic rings. The minimum Gasteiger partial charge on any atom is -0.465 e. The Hall–Kier alpha value is -2.03. The van der Waals surface area contributed by atoms with E-state index in [0.717, 1.165) is 17.7 Å². The van der Waals surface area contributed by atoms with Gasteiger partial charge in [0.2, 0.25) is 5.16 Å². The summed E-state index contributed by atoms with van der Waals surface area (Å²) in [5.41, 5.74) is 0.0489. The third kappa shape index (κ3) is 5.27. The molecule has 0 bridgehead atoms. The molecule has 0 radical (unpaired) electrons. The predicted molar refractivity (Wildman–Crippen MR) is 77.7 cm³/mol. The summed E-state index contributed by atoms with van der Waals surface area (Å²) in [6.07, 6.45) is -2.93. The van der Waals surface area contributed by atoms with E-state index in [0.29, 0.717) is 17.5 Å². The van der Waals surface area contributed by atoms with Crippen LogP contribution in [0.1, 0.15) is 18.1 Å². The maximum atomic E-state index is 12.5. The molecule has 5 nitrogen and oxygen atoms in total. The van der Waals surface area contributed by atoms with Gasteiger partial charge in [-0.05, 0) is 24.6 Å². The van der Waals surface area contributed by atoms with E-state index in [9.17, 15) is 18.0 Å². The van der Waals surface area contributed by atoms with Crippen molar-refractivity contribution in [2.24, 2.45) is 0 Å². The highest BCUT2D eigenvalue weighted by molar-refractivity contribution is 7.98. The molecule has 0 spiro atoms. The van der Waals surface area contributed by atoms with E-state index in [1.807, 2.05) is 0 Å². The number of halogens is 3. The fraction of sp³-hybridized carbons (Fsp3) is 0.357. The Morgan fingerprint density at radius 3 is 2.61 bits per heavy atom. The first-order chi connectivity index (χ1) is 10.9. The maximum Gasteiger partial charge on any atom is 0.416 e. The van der Waals surface area contributed by atoms with Gasteiger partial charge in [0.25, 0.3) is 0 Å². The van der Waals surface area contributed by atoms with E-state index in [1.54, 1.807) is 6.92 Å². The molecule has 0 amide bonds. The molecule has 23 heavy (non-hydrogen) atoms. The van der Waals surface area contributed by atoms with Gasteiger partial charge in [-0.25, -0.2) is 9.67 Å². The lowest BCUT2D eigenvalue weighted by molar-refractivity contribution is -0.144. The van der Waals surface area contributed by atoms with Crippen molar-refractivity contribution in [1.82, 2.24) is 14.8 Å². The number of hydrogen-bond acceptors (Lipinski definition) is 5. The topological polar surface area (TPSA) is 57.0 Å². The number of esters is 1. The van der Waals surface area contributed by atoms with Crippen LogP contribution in [0.4, 0.5) is 13.2 Å². The molecule has 0 aliphatic heterocycles. The van der Waals surface area contributed by atoms with Gasteiger partial charge in [-0.3, -0.25) is 4.79 Å². The average molecular weight is 345 g/mol. The summed E-state index contributed by atoms with van der Waals surface area (Å²) in [4.78, 5) is 15.3. The average Bonchev–Trinajstić information content (AvgIpc) is 2.92. The maximum absolute atomic E-state index is 12.5. The summed E-state index contributed by atoms with van der Waals surface area (Å²) < 4.78 is 43.6. The number of hydrogen-bond donors (Lipinski definition) is 0. The van der Waals surface area contributed by atoms with E-state index in [1.165, 1.54) is 34.9 Å². The Morgan fingerprint density at radius 1 is 1.30 bits per heavy atom. The zero-order chi connectivity index (χ0) is 16.9. The van der Waals surface area contributed by atoms with Crippen LogP contribution in [0.15, 0.2) is 35.7 Å². The lowest BCUT2D eigenvalue weighted by atomic mass is 10.1. The summed E-state index contributed by atoms with van der Waals surface area (Å²) in [6, 6.07) is 4.93. The van der Waals surface area contributed by atoms with Gasteiger partial charge in [0.05, 0.1) is 12.2 Å². The first-order valence-electron chi connectivity index (χ1n) is 6.72. The fourth-order valence-electron chi connectivity index (χ4n) is 1.70. The summed E-state index contributed by atoms with van der Waals surface area (Å²) in [5, 5.41) is 4.53. The minimum absolute atomic E-state index is 0.0261. The second-order valence-corrected chi connectivity index (χ2v) is 5.46. The molecular formula is C14H14F3N3O2S. The second kappa shape index (κ2) is 7.49. The number of benzene rings is 1. The number of aromatic nitrogens is 3. The highest BCUT2D eigenvalue weighted by Gasteiger charge is 2.29. The molecular weight excluding hydrogens is 331 g/mol. The molecule has 0 aliphatic carbocycles. The van der Waals surface area contributed by atoms with Crippen molar-refractivity contribution in [3.8, 4) is 0 Å². The number of rotatable bonds is 6. The minimum atomic E-state index is -4.33. The number of alkyl halides is 3. The summed E-state index contributed by atoms with van der Waals surface area (Å²) >= 11 is 1.27. The van der Waals surface area contributed by atoms with Crippen LogP contribution in [0.5, 0.6) is 0 Å². The highest BCUT2D eigenvalue weighted by Crippen LogP contribution is 2.29. The quantitative estimate of drug-likeness (QED) is 0.595. The van der Waals surface area contributed by atoms with Crippen molar-refractivity contribution in [2.75, 3.05) is 6.61 Å². The van der Waals surface area contributed by atoms with E-state index in [4.69, 9.17) is 4.74 Å². The number of carbonyl (C=O) groups is 1. The molecule has 0 atom stereocenters. The van der Waals surface area contributed by atoms with Crippen LogP contribution in [-0.2, 0) is 28.0 Å². The van der Waals surface area contributed by atoms with Gasteiger partial charge in [0.1, 0.15) is 12.9 Å². The van der Waals surface area contributed by atoms with Crippen LogP contribution >= 0.6 is 11.8 Å².